The Balaban J connectivity index is 1.80. The molecule has 0 saturated heterocycles. The van der Waals surface area contributed by atoms with Gasteiger partial charge < -0.3 is 5.32 Å². The first-order valence-electron chi connectivity index (χ1n) is 8.87. The van der Waals surface area contributed by atoms with Crippen molar-refractivity contribution in [3.8, 4) is 0 Å². The van der Waals surface area contributed by atoms with Crippen molar-refractivity contribution in [1.29, 1.82) is 0 Å². The third-order valence-corrected chi connectivity index (χ3v) is 6.34. The minimum Gasteiger partial charge on any atom is -0.353 e. The SMILES string of the molecule is CCC(C)NC(=O)C1CCC(CNS(=O)(=O)c2ccc(F)cc2)CC1. The first-order valence-corrected chi connectivity index (χ1v) is 10.4. The third kappa shape index (κ3) is 5.78. The monoisotopic (exact) mass is 370 g/mol. The van der Waals surface area contributed by atoms with Crippen molar-refractivity contribution in [2.24, 2.45) is 11.8 Å². The number of halogens is 1. The molecule has 5 nitrogen and oxygen atoms in total. The Morgan fingerprint density at radius 2 is 1.80 bits per heavy atom. The van der Waals surface area contributed by atoms with Gasteiger partial charge in [-0.2, -0.15) is 0 Å². The maximum atomic E-state index is 12.9. The molecule has 0 spiro atoms. The summed E-state index contributed by atoms with van der Waals surface area (Å²) in [5.41, 5.74) is 0. The van der Waals surface area contributed by atoms with Gasteiger partial charge in [0.25, 0.3) is 0 Å². The van der Waals surface area contributed by atoms with Gasteiger partial charge in [-0.15, -0.1) is 0 Å². The number of carbonyl (C=O) groups excluding carboxylic acids is 1. The summed E-state index contributed by atoms with van der Waals surface area (Å²) in [6, 6.07) is 4.97. The Morgan fingerprint density at radius 3 is 2.36 bits per heavy atom. The lowest BCUT2D eigenvalue weighted by Crippen LogP contribution is -2.39. The van der Waals surface area contributed by atoms with Gasteiger partial charge in [-0.1, -0.05) is 6.92 Å². The Morgan fingerprint density at radius 1 is 1.20 bits per heavy atom. The molecule has 7 heteroatoms. The van der Waals surface area contributed by atoms with Crippen LogP contribution in [0.5, 0.6) is 0 Å². The fraction of sp³-hybridized carbons (Fsp3) is 0.611. The number of amides is 1. The van der Waals surface area contributed by atoms with Gasteiger partial charge in [0.15, 0.2) is 0 Å². The molecule has 0 heterocycles. The van der Waals surface area contributed by atoms with Crippen molar-refractivity contribution < 1.29 is 17.6 Å². The van der Waals surface area contributed by atoms with Gasteiger partial charge in [-0.25, -0.2) is 17.5 Å². The quantitative estimate of drug-likeness (QED) is 0.775. The second-order valence-corrected chi connectivity index (χ2v) is 8.61. The summed E-state index contributed by atoms with van der Waals surface area (Å²) in [7, 11) is -3.62. The number of nitrogens with one attached hydrogen (secondary N) is 2. The molecular weight excluding hydrogens is 343 g/mol. The molecule has 1 aromatic carbocycles. The van der Waals surface area contributed by atoms with E-state index in [0.29, 0.717) is 6.54 Å². The number of carbonyl (C=O) groups is 1. The van der Waals surface area contributed by atoms with Gasteiger partial charge in [0.1, 0.15) is 5.82 Å². The molecule has 1 aliphatic rings. The normalized spacial score (nSPS) is 22.4. The Bertz CT molecular complexity index is 668. The van der Waals surface area contributed by atoms with Crippen LogP contribution in [0.2, 0.25) is 0 Å². The molecular formula is C18H27FN2O3S. The molecule has 0 bridgehead atoms. The van der Waals surface area contributed by atoms with E-state index in [0.717, 1.165) is 44.2 Å². The maximum absolute atomic E-state index is 12.9. The van der Waals surface area contributed by atoms with Crippen LogP contribution in [-0.4, -0.2) is 26.9 Å². The molecule has 0 aromatic heterocycles. The number of sulfonamides is 1. The zero-order valence-corrected chi connectivity index (χ0v) is 15.6. The molecule has 0 radical (unpaired) electrons. The van der Waals surface area contributed by atoms with Crippen molar-refractivity contribution in [3.05, 3.63) is 30.1 Å². The fourth-order valence-electron chi connectivity index (χ4n) is 3.02. The molecule has 0 aliphatic heterocycles. The number of hydrogen-bond acceptors (Lipinski definition) is 3. The van der Waals surface area contributed by atoms with Gasteiger partial charge in [-0.05, 0) is 69.2 Å². The summed E-state index contributed by atoms with van der Waals surface area (Å²) in [4.78, 5) is 12.2. The van der Waals surface area contributed by atoms with Crippen LogP contribution in [0.3, 0.4) is 0 Å². The van der Waals surface area contributed by atoms with Crippen molar-refractivity contribution >= 4 is 15.9 Å². The van der Waals surface area contributed by atoms with Gasteiger partial charge in [0.05, 0.1) is 4.90 Å². The van der Waals surface area contributed by atoms with E-state index in [9.17, 15) is 17.6 Å². The van der Waals surface area contributed by atoms with Gasteiger partial charge in [0.2, 0.25) is 15.9 Å². The summed E-state index contributed by atoms with van der Waals surface area (Å²) < 4.78 is 39.9. The predicted molar refractivity (Wildman–Crippen MR) is 94.9 cm³/mol. The Kier molecular flexibility index (Phi) is 6.95. The van der Waals surface area contributed by atoms with Crippen LogP contribution < -0.4 is 10.0 Å². The molecule has 1 unspecified atom stereocenters. The average molecular weight is 370 g/mol. The topological polar surface area (TPSA) is 75.3 Å². The lowest BCUT2D eigenvalue weighted by atomic mass is 9.81. The van der Waals surface area contributed by atoms with E-state index in [1.807, 2.05) is 13.8 Å². The molecule has 140 valence electrons. The molecule has 25 heavy (non-hydrogen) atoms. The predicted octanol–water partition coefficient (Wildman–Crippen LogP) is 2.83. The smallest absolute Gasteiger partial charge is 0.240 e. The Hall–Kier alpha value is -1.47. The molecule has 1 saturated carbocycles. The van der Waals surface area contributed by atoms with Gasteiger partial charge in [0, 0.05) is 18.5 Å². The summed E-state index contributed by atoms with van der Waals surface area (Å²) >= 11 is 0. The molecule has 2 rings (SSSR count). The summed E-state index contributed by atoms with van der Waals surface area (Å²) in [6.07, 6.45) is 4.12. The summed E-state index contributed by atoms with van der Waals surface area (Å²) in [5, 5.41) is 3.02. The minimum absolute atomic E-state index is 0.0268. The molecule has 1 aromatic rings. The van der Waals surface area contributed by atoms with Crippen LogP contribution >= 0.6 is 0 Å². The number of rotatable bonds is 7. The summed E-state index contributed by atoms with van der Waals surface area (Å²) in [6.45, 7) is 4.38. The lowest BCUT2D eigenvalue weighted by molar-refractivity contribution is -0.126. The highest BCUT2D eigenvalue weighted by Gasteiger charge is 2.27. The van der Waals surface area contributed by atoms with Crippen LogP contribution in [0.25, 0.3) is 0 Å². The standard InChI is InChI=1S/C18H27FN2O3S/c1-3-13(2)21-18(22)15-6-4-14(5-7-15)12-20-25(23,24)17-10-8-16(19)9-11-17/h8-11,13-15,20H,3-7,12H2,1-2H3,(H,21,22). The fourth-order valence-corrected chi connectivity index (χ4v) is 4.13. The zero-order valence-electron chi connectivity index (χ0n) is 14.8. The van der Waals surface area contributed by atoms with E-state index >= 15 is 0 Å². The van der Waals surface area contributed by atoms with E-state index in [1.54, 1.807) is 0 Å². The highest BCUT2D eigenvalue weighted by Crippen LogP contribution is 2.29. The highest BCUT2D eigenvalue weighted by molar-refractivity contribution is 7.89. The van der Waals surface area contributed by atoms with Crippen LogP contribution in [-0.2, 0) is 14.8 Å². The van der Waals surface area contributed by atoms with Gasteiger partial charge >= 0.3 is 0 Å². The largest absolute Gasteiger partial charge is 0.353 e. The second kappa shape index (κ2) is 8.76. The van der Waals surface area contributed by atoms with Crippen molar-refractivity contribution in [3.63, 3.8) is 0 Å². The van der Waals surface area contributed by atoms with Crippen molar-refractivity contribution in [2.75, 3.05) is 6.54 Å². The molecule has 2 N–H and O–H groups in total. The Labute approximate surface area is 149 Å². The van der Waals surface area contributed by atoms with E-state index in [-0.39, 0.29) is 28.7 Å². The number of hydrogen-bond donors (Lipinski definition) is 2. The molecule has 1 fully saturated rings. The van der Waals surface area contributed by atoms with E-state index in [2.05, 4.69) is 10.0 Å². The lowest BCUT2D eigenvalue weighted by Gasteiger charge is -2.28. The molecule has 1 aliphatic carbocycles. The van der Waals surface area contributed by atoms with Crippen LogP contribution in [0.15, 0.2) is 29.2 Å². The van der Waals surface area contributed by atoms with Gasteiger partial charge in [-0.3, -0.25) is 4.79 Å². The second-order valence-electron chi connectivity index (χ2n) is 6.84. The number of benzene rings is 1. The van der Waals surface area contributed by atoms with E-state index in [1.165, 1.54) is 12.1 Å². The maximum Gasteiger partial charge on any atom is 0.240 e. The van der Waals surface area contributed by atoms with Crippen LogP contribution in [0.4, 0.5) is 4.39 Å². The zero-order chi connectivity index (χ0) is 18.4. The van der Waals surface area contributed by atoms with E-state index < -0.39 is 15.8 Å². The average Bonchev–Trinajstić information content (AvgIpc) is 2.60. The molecule has 1 amide bonds. The van der Waals surface area contributed by atoms with Crippen LogP contribution in [0, 0.1) is 17.7 Å². The first kappa shape index (κ1) is 19.8. The van der Waals surface area contributed by atoms with Crippen molar-refractivity contribution in [1.82, 2.24) is 10.0 Å². The minimum atomic E-state index is -3.62. The summed E-state index contributed by atoms with van der Waals surface area (Å²) in [5.74, 6) is -0.102. The van der Waals surface area contributed by atoms with Crippen molar-refractivity contribution in [2.45, 2.75) is 56.9 Å². The molecule has 1 atom stereocenters. The highest BCUT2D eigenvalue weighted by atomic mass is 32.2. The van der Waals surface area contributed by atoms with E-state index in [4.69, 9.17) is 0 Å². The first-order chi connectivity index (χ1) is 11.8. The third-order valence-electron chi connectivity index (χ3n) is 4.90. The van der Waals surface area contributed by atoms with Crippen LogP contribution in [0.1, 0.15) is 46.0 Å².